The number of hydrogen-bond donors (Lipinski definition) is 0. The predicted molar refractivity (Wildman–Crippen MR) is 259 cm³/mol. The van der Waals surface area contributed by atoms with Gasteiger partial charge in [-0.05, 0) is 182 Å². The normalized spacial score (nSPS) is 27.2. The van der Waals surface area contributed by atoms with Gasteiger partial charge in [-0.2, -0.15) is 0 Å². The van der Waals surface area contributed by atoms with E-state index in [1.807, 2.05) is 60.7 Å². The Morgan fingerprint density at radius 1 is 0.426 bits per heavy atom. The summed E-state index contributed by atoms with van der Waals surface area (Å²) in [6.07, 6.45) is 15.1. The quantitative estimate of drug-likeness (QED) is 0.0737. The summed E-state index contributed by atoms with van der Waals surface area (Å²) in [4.78, 5) is 23.7. The van der Waals surface area contributed by atoms with Crippen LogP contribution in [0, 0.1) is 55.7 Å². The van der Waals surface area contributed by atoms with Gasteiger partial charge in [0, 0.05) is 35.4 Å². The standard InChI is InChI=1S/C58H56N2O8/c61-59(62)51-15-13-47(27-55(51)65-35-37-7-3-1-4-8-37)67-53-17-11-45(57-29-39-19-40(30-57)21-41(20-39)31-57)25-49(53)50-26-46(58-32-42-22-43(33-58)24-44(23-42)34-58)12-18-54(50)68-48-14-16-52(60(63)64)56(28-48)66-36-38-9-5-2-6-10-38/h1-18,25-28,39-44H,19-24,29-36H2. The molecule has 8 saturated carbocycles. The van der Waals surface area contributed by atoms with E-state index in [4.69, 9.17) is 18.9 Å². The summed E-state index contributed by atoms with van der Waals surface area (Å²) in [6.45, 7) is 0.325. The lowest BCUT2D eigenvalue weighted by Crippen LogP contribution is -2.48. The van der Waals surface area contributed by atoms with Gasteiger partial charge in [0.15, 0.2) is 0 Å². The topological polar surface area (TPSA) is 123 Å². The molecule has 0 N–H and O–H groups in total. The van der Waals surface area contributed by atoms with E-state index < -0.39 is 9.85 Å². The number of rotatable bonds is 15. The van der Waals surface area contributed by atoms with Crippen LogP contribution in [-0.4, -0.2) is 9.85 Å². The Bertz CT molecular complexity index is 2630. The Hall–Kier alpha value is -6.68. The summed E-state index contributed by atoms with van der Waals surface area (Å²) in [6, 6.07) is 42.1. The summed E-state index contributed by atoms with van der Waals surface area (Å²) in [5.74, 6) is 6.75. The summed E-state index contributed by atoms with van der Waals surface area (Å²) in [5.41, 5.74) is 6.08. The fraction of sp³-hybridized carbons (Fsp3) is 0.379. The predicted octanol–water partition coefficient (Wildman–Crippen LogP) is 14.8. The maximum atomic E-state index is 12.3. The first-order valence-corrected chi connectivity index (χ1v) is 24.7. The van der Waals surface area contributed by atoms with Gasteiger partial charge in [-0.1, -0.05) is 72.8 Å². The third-order valence-corrected chi connectivity index (χ3v) is 16.7. The highest BCUT2D eigenvalue weighted by molar-refractivity contribution is 5.79. The van der Waals surface area contributed by atoms with E-state index in [9.17, 15) is 20.2 Å². The van der Waals surface area contributed by atoms with Crippen molar-refractivity contribution in [2.75, 3.05) is 0 Å². The average Bonchev–Trinajstić information content (AvgIpc) is 3.33. The first-order chi connectivity index (χ1) is 33.1. The molecule has 68 heavy (non-hydrogen) atoms. The second-order valence-corrected chi connectivity index (χ2v) is 21.3. The molecule has 6 aromatic rings. The van der Waals surface area contributed by atoms with Crippen molar-refractivity contribution in [2.45, 2.75) is 101 Å². The number of nitro groups is 2. The second kappa shape index (κ2) is 17.1. The Morgan fingerprint density at radius 3 is 1.12 bits per heavy atom. The Kier molecular flexibility index (Phi) is 10.7. The van der Waals surface area contributed by atoms with Gasteiger partial charge in [-0.25, -0.2) is 0 Å². The molecule has 10 nitrogen and oxygen atoms in total. The van der Waals surface area contributed by atoms with Crippen LogP contribution in [0.4, 0.5) is 11.4 Å². The minimum atomic E-state index is -0.425. The van der Waals surface area contributed by atoms with Crippen LogP contribution >= 0.6 is 0 Å². The summed E-state index contributed by atoms with van der Waals surface area (Å²) >= 11 is 0. The largest absolute Gasteiger partial charge is 0.482 e. The Balaban J connectivity index is 0.981. The molecule has 0 spiro atoms. The van der Waals surface area contributed by atoms with Crippen LogP contribution in [0.25, 0.3) is 11.1 Å². The number of nitro benzene ring substituents is 2. The molecule has 0 aliphatic heterocycles. The highest BCUT2D eigenvalue weighted by atomic mass is 16.6. The van der Waals surface area contributed by atoms with E-state index >= 15 is 0 Å². The van der Waals surface area contributed by atoms with Crippen molar-refractivity contribution in [3.05, 3.63) is 176 Å². The first-order valence-electron chi connectivity index (χ1n) is 24.7. The Morgan fingerprint density at radius 2 is 0.779 bits per heavy atom. The molecule has 0 saturated heterocycles. The SMILES string of the molecule is O=[N+]([O-])c1ccc(Oc2ccc(C34CC5CC(CC(C5)C3)C4)cc2-c2cc(C34CC5CC(CC(C5)C3)C4)ccc2Oc2ccc([N+](=O)[O-])c(OCc3ccccc3)c2)cc1OCc1ccccc1. The molecule has 0 unspecified atom stereocenters. The minimum absolute atomic E-state index is 0.0791. The molecule has 8 aliphatic rings. The number of ether oxygens (including phenoxy) is 4. The molecule has 8 bridgehead atoms. The fourth-order valence-corrected chi connectivity index (χ4v) is 14.6. The molecule has 0 atom stereocenters. The van der Waals surface area contributed by atoms with E-state index in [2.05, 4.69) is 36.4 Å². The zero-order valence-corrected chi connectivity index (χ0v) is 38.2. The minimum Gasteiger partial charge on any atom is -0.482 e. The molecule has 0 radical (unpaired) electrons. The summed E-state index contributed by atoms with van der Waals surface area (Å²) in [5, 5.41) is 24.6. The van der Waals surface area contributed by atoms with Crippen molar-refractivity contribution in [1.29, 1.82) is 0 Å². The van der Waals surface area contributed by atoms with Crippen LogP contribution < -0.4 is 18.9 Å². The van der Waals surface area contributed by atoms with Gasteiger partial charge < -0.3 is 18.9 Å². The lowest BCUT2D eigenvalue weighted by Gasteiger charge is -2.57. The maximum Gasteiger partial charge on any atom is 0.311 e. The number of nitrogens with zero attached hydrogens (tertiary/aromatic N) is 2. The molecule has 0 aromatic heterocycles. The summed E-state index contributed by atoms with van der Waals surface area (Å²) in [7, 11) is 0. The summed E-state index contributed by atoms with van der Waals surface area (Å²) < 4.78 is 26.2. The third-order valence-electron chi connectivity index (χ3n) is 16.7. The van der Waals surface area contributed by atoms with E-state index in [0.717, 1.165) is 57.8 Å². The average molecular weight is 909 g/mol. The zero-order valence-electron chi connectivity index (χ0n) is 38.2. The molecule has 8 aliphatic carbocycles. The molecule has 10 heteroatoms. The molecule has 6 aromatic carbocycles. The van der Waals surface area contributed by atoms with Crippen LogP contribution in [0.2, 0.25) is 0 Å². The third kappa shape index (κ3) is 8.15. The molecule has 0 amide bonds. The fourth-order valence-electron chi connectivity index (χ4n) is 14.6. The van der Waals surface area contributed by atoms with Crippen LogP contribution in [0.15, 0.2) is 133 Å². The number of hydrogen-bond acceptors (Lipinski definition) is 8. The maximum absolute atomic E-state index is 12.3. The van der Waals surface area contributed by atoms with Gasteiger partial charge >= 0.3 is 11.4 Å². The smallest absolute Gasteiger partial charge is 0.311 e. The van der Waals surface area contributed by atoms with E-state index in [1.54, 1.807) is 24.3 Å². The van der Waals surface area contributed by atoms with E-state index in [-0.39, 0.29) is 46.9 Å². The van der Waals surface area contributed by atoms with Crippen LogP contribution in [-0.2, 0) is 24.0 Å². The van der Waals surface area contributed by atoms with Crippen molar-refractivity contribution < 1.29 is 28.8 Å². The van der Waals surface area contributed by atoms with Crippen molar-refractivity contribution >= 4 is 11.4 Å². The van der Waals surface area contributed by atoms with Crippen molar-refractivity contribution in [2.24, 2.45) is 35.5 Å². The molecule has 14 rings (SSSR count). The molecule has 346 valence electrons. The first kappa shape index (κ1) is 42.7. The van der Waals surface area contributed by atoms with Crippen molar-refractivity contribution in [3.63, 3.8) is 0 Å². The zero-order chi connectivity index (χ0) is 46.0. The van der Waals surface area contributed by atoms with Gasteiger partial charge in [-0.3, -0.25) is 20.2 Å². The second-order valence-electron chi connectivity index (χ2n) is 21.3. The molecule has 0 heterocycles. The highest BCUT2D eigenvalue weighted by Gasteiger charge is 2.53. The highest BCUT2D eigenvalue weighted by Crippen LogP contribution is 2.63. The lowest BCUT2D eigenvalue weighted by molar-refractivity contribution is -0.386. The van der Waals surface area contributed by atoms with Crippen LogP contribution in [0.3, 0.4) is 0 Å². The van der Waals surface area contributed by atoms with Gasteiger partial charge in [-0.15, -0.1) is 0 Å². The monoisotopic (exact) mass is 908 g/mol. The number of benzene rings is 6. The van der Waals surface area contributed by atoms with Gasteiger partial charge in [0.1, 0.15) is 36.2 Å². The van der Waals surface area contributed by atoms with Crippen LogP contribution in [0.1, 0.15) is 99.3 Å². The van der Waals surface area contributed by atoms with Crippen molar-refractivity contribution in [1.82, 2.24) is 0 Å². The van der Waals surface area contributed by atoms with Gasteiger partial charge in [0.25, 0.3) is 0 Å². The van der Waals surface area contributed by atoms with Crippen LogP contribution in [0.5, 0.6) is 34.5 Å². The molecular weight excluding hydrogens is 853 g/mol. The molecule has 8 fully saturated rings. The van der Waals surface area contributed by atoms with E-state index in [1.165, 1.54) is 100 Å². The lowest BCUT2D eigenvalue weighted by atomic mass is 9.48. The van der Waals surface area contributed by atoms with Crippen molar-refractivity contribution in [3.8, 4) is 45.6 Å². The van der Waals surface area contributed by atoms with E-state index in [0.29, 0.717) is 23.0 Å². The molecular formula is C58H56N2O8. The van der Waals surface area contributed by atoms with Gasteiger partial charge in [0.2, 0.25) is 11.5 Å². The Labute approximate surface area is 396 Å². The van der Waals surface area contributed by atoms with Gasteiger partial charge in [0.05, 0.1) is 9.85 Å².